The lowest BCUT2D eigenvalue weighted by Gasteiger charge is -2.12. The van der Waals surface area contributed by atoms with E-state index in [1.807, 2.05) is 0 Å². The molecule has 0 saturated heterocycles. The fraction of sp³-hybridized carbons (Fsp3) is 0.692. The highest BCUT2D eigenvalue weighted by atomic mass is 16.5. The number of nitrogens with zero attached hydrogens (tertiary/aromatic N) is 2. The summed E-state index contributed by atoms with van der Waals surface area (Å²) >= 11 is 0. The van der Waals surface area contributed by atoms with E-state index in [9.17, 15) is 0 Å². The van der Waals surface area contributed by atoms with Gasteiger partial charge in [-0.25, -0.2) is 10.8 Å². The van der Waals surface area contributed by atoms with Gasteiger partial charge in [-0.1, -0.05) is 20.3 Å². The van der Waals surface area contributed by atoms with Gasteiger partial charge >= 0.3 is 0 Å². The lowest BCUT2D eigenvalue weighted by molar-refractivity contribution is 0.242. The largest absolute Gasteiger partial charge is 0.477 e. The Kier molecular flexibility index (Phi) is 4.36. The summed E-state index contributed by atoms with van der Waals surface area (Å²) in [6.45, 7) is 5.07. The van der Waals surface area contributed by atoms with Gasteiger partial charge in [0, 0.05) is 12.0 Å². The van der Waals surface area contributed by atoms with E-state index in [2.05, 4.69) is 29.2 Å². The number of hydrogen-bond donors (Lipinski definition) is 2. The van der Waals surface area contributed by atoms with Crippen molar-refractivity contribution in [3.63, 3.8) is 0 Å². The maximum absolute atomic E-state index is 5.73. The lowest BCUT2D eigenvalue weighted by atomic mass is 10.1. The highest BCUT2D eigenvalue weighted by Gasteiger charge is 2.27. The van der Waals surface area contributed by atoms with Crippen molar-refractivity contribution in [3.05, 3.63) is 11.9 Å². The second-order valence-corrected chi connectivity index (χ2v) is 5.07. The molecule has 2 rings (SSSR count). The van der Waals surface area contributed by atoms with Gasteiger partial charge in [0.2, 0.25) is 5.88 Å². The summed E-state index contributed by atoms with van der Waals surface area (Å²) in [5.41, 5.74) is 2.57. The highest BCUT2D eigenvalue weighted by molar-refractivity contribution is 5.38. The van der Waals surface area contributed by atoms with E-state index in [0.29, 0.717) is 30.1 Å². The topological polar surface area (TPSA) is 73.1 Å². The maximum atomic E-state index is 5.73. The Hall–Kier alpha value is -1.36. The van der Waals surface area contributed by atoms with Crippen molar-refractivity contribution in [1.82, 2.24) is 9.97 Å². The van der Waals surface area contributed by atoms with Crippen LogP contribution in [-0.2, 0) is 0 Å². The Bertz CT molecular complexity index is 393. The summed E-state index contributed by atoms with van der Waals surface area (Å²) in [4.78, 5) is 8.80. The molecule has 0 aromatic carbocycles. The molecule has 1 atom stereocenters. The van der Waals surface area contributed by atoms with E-state index in [4.69, 9.17) is 10.6 Å². The Morgan fingerprint density at radius 3 is 2.89 bits per heavy atom. The van der Waals surface area contributed by atoms with Crippen LogP contribution < -0.4 is 16.0 Å². The molecule has 0 radical (unpaired) electrons. The quantitative estimate of drug-likeness (QED) is 0.574. The van der Waals surface area contributed by atoms with Crippen molar-refractivity contribution >= 4 is 5.82 Å². The van der Waals surface area contributed by atoms with Crippen molar-refractivity contribution in [3.8, 4) is 5.88 Å². The molecule has 1 aromatic rings. The van der Waals surface area contributed by atoms with E-state index >= 15 is 0 Å². The number of hydrazine groups is 1. The van der Waals surface area contributed by atoms with Crippen LogP contribution in [0.1, 0.15) is 51.3 Å². The van der Waals surface area contributed by atoms with Crippen LogP contribution >= 0.6 is 0 Å². The van der Waals surface area contributed by atoms with Gasteiger partial charge in [0.1, 0.15) is 11.6 Å². The molecule has 1 fully saturated rings. The molecule has 5 heteroatoms. The zero-order valence-corrected chi connectivity index (χ0v) is 11.1. The van der Waals surface area contributed by atoms with Gasteiger partial charge in [-0.15, -0.1) is 0 Å². The predicted octanol–water partition coefficient (Wildman–Crippen LogP) is 2.45. The zero-order chi connectivity index (χ0) is 13.0. The van der Waals surface area contributed by atoms with E-state index < -0.39 is 0 Å². The number of nitrogens with two attached hydrogens (primary N) is 1. The van der Waals surface area contributed by atoms with Crippen molar-refractivity contribution in [2.75, 3.05) is 12.0 Å². The molecule has 1 aromatic heterocycles. The van der Waals surface area contributed by atoms with Crippen LogP contribution in [-0.4, -0.2) is 16.6 Å². The van der Waals surface area contributed by atoms with Crippen LogP contribution in [0.15, 0.2) is 6.07 Å². The number of anilines is 1. The predicted molar refractivity (Wildman–Crippen MR) is 71.4 cm³/mol. The summed E-state index contributed by atoms with van der Waals surface area (Å²) in [6, 6.07) is 1.75. The second-order valence-electron chi connectivity index (χ2n) is 5.07. The SMILES string of the molecule is CCCC(C)COc1cc(NN)nc(C2CC2)n1. The minimum atomic E-state index is 0.494. The average Bonchev–Trinajstić information content (AvgIpc) is 3.20. The third-order valence-electron chi connectivity index (χ3n) is 3.11. The third-order valence-corrected chi connectivity index (χ3v) is 3.11. The van der Waals surface area contributed by atoms with E-state index in [1.54, 1.807) is 6.07 Å². The number of aromatic nitrogens is 2. The molecule has 5 nitrogen and oxygen atoms in total. The van der Waals surface area contributed by atoms with Crippen LogP contribution in [0.3, 0.4) is 0 Å². The number of rotatable bonds is 7. The Labute approximate surface area is 108 Å². The number of nitrogen functional groups attached to an aromatic ring is 1. The zero-order valence-electron chi connectivity index (χ0n) is 11.1. The fourth-order valence-corrected chi connectivity index (χ4v) is 1.92. The normalized spacial score (nSPS) is 16.4. The first-order chi connectivity index (χ1) is 8.72. The molecule has 0 amide bonds. The number of hydrogen-bond acceptors (Lipinski definition) is 5. The van der Waals surface area contributed by atoms with E-state index in [-0.39, 0.29) is 0 Å². The van der Waals surface area contributed by atoms with Gasteiger partial charge in [0.05, 0.1) is 6.61 Å². The second kappa shape index (κ2) is 6.00. The summed E-state index contributed by atoms with van der Waals surface area (Å²) in [6.07, 6.45) is 4.68. The minimum absolute atomic E-state index is 0.494. The van der Waals surface area contributed by atoms with Crippen LogP contribution in [0.5, 0.6) is 5.88 Å². The van der Waals surface area contributed by atoms with Crippen LogP contribution in [0, 0.1) is 5.92 Å². The van der Waals surface area contributed by atoms with Gasteiger partial charge in [-0.05, 0) is 25.2 Å². The van der Waals surface area contributed by atoms with Crippen molar-refractivity contribution in [2.24, 2.45) is 11.8 Å². The highest BCUT2D eigenvalue weighted by Crippen LogP contribution is 2.39. The number of nitrogens with one attached hydrogen (secondary N) is 1. The van der Waals surface area contributed by atoms with Crippen LogP contribution in [0.25, 0.3) is 0 Å². The molecule has 0 bridgehead atoms. The first-order valence-electron chi connectivity index (χ1n) is 6.71. The summed E-state index contributed by atoms with van der Waals surface area (Å²) in [5, 5.41) is 0. The lowest BCUT2D eigenvalue weighted by Crippen LogP contribution is -2.13. The first-order valence-corrected chi connectivity index (χ1v) is 6.71. The monoisotopic (exact) mass is 250 g/mol. The molecule has 1 saturated carbocycles. The fourth-order valence-electron chi connectivity index (χ4n) is 1.92. The standard InChI is InChI=1S/C13H22N4O/c1-3-4-9(2)8-18-12-7-11(17-14)15-13(16-12)10-5-6-10/h7,9-10H,3-6,8,14H2,1-2H3,(H,15,16,17). The molecule has 3 N–H and O–H groups in total. The van der Waals surface area contributed by atoms with Crippen molar-refractivity contribution < 1.29 is 4.74 Å². The summed E-state index contributed by atoms with van der Waals surface area (Å²) in [5.74, 6) is 8.56. The van der Waals surface area contributed by atoms with E-state index in [0.717, 1.165) is 5.82 Å². The van der Waals surface area contributed by atoms with E-state index in [1.165, 1.54) is 25.7 Å². The third kappa shape index (κ3) is 3.57. The van der Waals surface area contributed by atoms with Gasteiger partial charge in [0.15, 0.2) is 0 Å². The first kappa shape index (κ1) is 13.1. The Morgan fingerprint density at radius 2 is 2.28 bits per heavy atom. The molecular weight excluding hydrogens is 228 g/mol. The Balaban J connectivity index is 2.00. The molecule has 100 valence electrons. The minimum Gasteiger partial charge on any atom is -0.477 e. The molecule has 0 aliphatic heterocycles. The summed E-state index contributed by atoms with van der Waals surface area (Å²) in [7, 11) is 0. The molecule has 1 aliphatic carbocycles. The average molecular weight is 250 g/mol. The van der Waals surface area contributed by atoms with Gasteiger partial charge in [-0.3, -0.25) is 0 Å². The van der Waals surface area contributed by atoms with Gasteiger partial charge in [-0.2, -0.15) is 4.98 Å². The summed E-state index contributed by atoms with van der Waals surface area (Å²) < 4.78 is 5.73. The van der Waals surface area contributed by atoms with Crippen LogP contribution in [0.4, 0.5) is 5.82 Å². The maximum Gasteiger partial charge on any atom is 0.218 e. The Morgan fingerprint density at radius 1 is 1.50 bits per heavy atom. The van der Waals surface area contributed by atoms with Gasteiger partial charge in [0.25, 0.3) is 0 Å². The molecular formula is C13H22N4O. The molecule has 1 unspecified atom stereocenters. The van der Waals surface area contributed by atoms with Crippen molar-refractivity contribution in [2.45, 2.75) is 45.4 Å². The molecule has 0 spiro atoms. The smallest absolute Gasteiger partial charge is 0.218 e. The number of ether oxygens (including phenoxy) is 1. The molecule has 18 heavy (non-hydrogen) atoms. The van der Waals surface area contributed by atoms with Crippen LogP contribution in [0.2, 0.25) is 0 Å². The molecule has 1 heterocycles. The van der Waals surface area contributed by atoms with Crippen molar-refractivity contribution in [1.29, 1.82) is 0 Å². The van der Waals surface area contributed by atoms with Gasteiger partial charge < -0.3 is 10.2 Å². The molecule has 1 aliphatic rings.